The summed E-state index contributed by atoms with van der Waals surface area (Å²) in [6.45, 7) is 0. The van der Waals surface area contributed by atoms with Crippen LogP contribution in [0.25, 0.3) is 0 Å². The summed E-state index contributed by atoms with van der Waals surface area (Å²) in [7, 11) is 0. The fourth-order valence-corrected chi connectivity index (χ4v) is 1.30. The van der Waals surface area contributed by atoms with E-state index in [-0.39, 0.29) is 0 Å². The highest BCUT2D eigenvalue weighted by atomic mass is 32.1. The molecule has 15 heavy (non-hydrogen) atoms. The van der Waals surface area contributed by atoms with Gasteiger partial charge in [0.15, 0.2) is 5.69 Å². The second-order valence-electron chi connectivity index (χ2n) is 2.53. The van der Waals surface area contributed by atoms with Crippen LogP contribution in [0.2, 0.25) is 0 Å². The molecule has 0 fully saturated rings. The molecule has 0 amide bonds. The fourth-order valence-electron chi connectivity index (χ4n) is 0.737. The fraction of sp³-hybridized carbons (Fsp3) is 0.100. The van der Waals surface area contributed by atoms with Gasteiger partial charge in [-0.05, 0) is 0 Å². The van der Waals surface area contributed by atoms with Crippen LogP contribution < -0.4 is 0 Å². The van der Waals surface area contributed by atoms with Gasteiger partial charge < -0.3 is 0 Å². The molecular formula is C10H8F3NS. The lowest BCUT2D eigenvalue weighted by Gasteiger charge is -1.98. The highest BCUT2D eigenvalue weighted by molar-refractivity contribution is 7.07. The number of nitrogens with zero attached hydrogens (tertiary/aromatic N) is 1. The number of hydrogen-bond donors (Lipinski definition) is 0. The van der Waals surface area contributed by atoms with E-state index in [0.29, 0.717) is 0 Å². The van der Waals surface area contributed by atoms with Crippen molar-refractivity contribution < 1.29 is 13.2 Å². The Morgan fingerprint density at radius 1 is 0.933 bits per heavy atom. The molecular weight excluding hydrogens is 223 g/mol. The van der Waals surface area contributed by atoms with E-state index < -0.39 is 11.9 Å². The lowest BCUT2D eigenvalue weighted by atomic mass is 10.4. The van der Waals surface area contributed by atoms with Crippen molar-refractivity contribution in [2.45, 2.75) is 6.18 Å². The number of halogens is 3. The summed E-state index contributed by atoms with van der Waals surface area (Å²) in [6.07, 6.45) is -4.28. The molecule has 0 atom stereocenters. The molecule has 5 heteroatoms. The third kappa shape index (κ3) is 4.60. The number of rotatable bonds is 0. The zero-order chi connectivity index (χ0) is 11.1. The second kappa shape index (κ2) is 5.50. The zero-order valence-corrected chi connectivity index (χ0v) is 8.42. The molecule has 0 aliphatic heterocycles. The molecule has 0 aliphatic rings. The first-order chi connectivity index (χ1) is 7.11. The van der Waals surface area contributed by atoms with Gasteiger partial charge in [0, 0.05) is 5.38 Å². The molecule has 0 radical (unpaired) electrons. The minimum Gasteiger partial charge on any atom is -0.240 e. The molecule has 0 aliphatic carbocycles. The number of aromatic nitrogens is 1. The standard InChI is InChI=1S/C6H6.C4H2F3NS/c1-2-4-6-5-3-1;5-4(6,7)3-1-9-2-8-3/h1-6H;1-2H. The molecule has 0 N–H and O–H groups in total. The van der Waals surface area contributed by atoms with E-state index >= 15 is 0 Å². The van der Waals surface area contributed by atoms with Crippen molar-refractivity contribution in [2.75, 3.05) is 0 Å². The van der Waals surface area contributed by atoms with Gasteiger partial charge in [-0.1, -0.05) is 36.4 Å². The molecule has 1 aromatic heterocycles. The van der Waals surface area contributed by atoms with Gasteiger partial charge in [-0.25, -0.2) is 4.98 Å². The molecule has 0 saturated heterocycles. The van der Waals surface area contributed by atoms with E-state index in [2.05, 4.69) is 4.98 Å². The maximum Gasteiger partial charge on any atom is 0.434 e. The average molecular weight is 231 g/mol. The minimum absolute atomic E-state index is 0.813. The van der Waals surface area contributed by atoms with Gasteiger partial charge in [0.05, 0.1) is 5.51 Å². The van der Waals surface area contributed by atoms with Crippen LogP contribution in [0, 0.1) is 0 Å². The highest BCUT2D eigenvalue weighted by Gasteiger charge is 2.32. The summed E-state index contributed by atoms with van der Waals surface area (Å²) in [5.41, 5.74) is 0.343. The van der Waals surface area contributed by atoms with Crippen molar-refractivity contribution in [1.82, 2.24) is 4.98 Å². The Bertz CT molecular complexity index is 329. The van der Waals surface area contributed by atoms with E-state index in [9.17, 15) is 13.2 Å². The van der Waals surface area contributed by atoms with Crippen LogP contribution in [-0.2, 0) is 6.18 Å². The molecule has 1 aromatic carbocycles. The maximum atomic E-state index is 11.6. The SMILES string of the molecule is FC(F)(F)c1cscn1.c1ccccc1. The van der Waals surface area contributed by atoms with Crippen LogP contribution in [0.3, 0.4) is 0 Å². The average Bonchev–Trinajstić information content (AvgIpc) is 2.73. The first-order valence-corrected chi connectivity index (χ1v) is 5.00. The molecule has 1 nitrogen and oxygen atoms in total. The smallest absolute Gasteiger partial charge is 0.240 e. The summed E-state index contributed by atoms with van der Waals surface area (Å²) >= 11 is 0.935. The Labute approximate surface area is 89.2 Å². The van der Waals surface area contributed by atoms with Gasteiger partial charge in [0.1, 0.15) is 0 Å². The molecule has 80 valence electrons. The van der Waals surface area contributed by atoms with Crippen LogP contribution in [-0.4, -0.2) is 4.98 Å². The minimum atomic E-state index is -4.28. The van der Waals surface area contributed by atoms with Crippen molar-refractivity contribution in [3.8, 4) is 0 Å². The van der Waals surface area contributed by atoms with Crippen molar-refractivity contribution in [1.29, 1.82) is 0 Å². The molecule has 2 rings (SSSR count). The molecule has 0 bridgehead atoms. The normalized spacial score (nSPS) is 10.3. The summed E-state index contributed by atoms with van der Waals surface area (Å²) in [5, 5.41) is 0.972. The third-order valence-corrected chi connectivity index (χ3v) is 1.98. The van der Waals surface area contributed by atoms with Crippen LogP contribution in [0.5, 0.6) is 0 Å². The predicted molar refractivity (Wildman–Crippen MR) is 53.6 cm³/mol. The topological polar surface area (TPSA) is 12.9 Å². The van der Waals surface area contributed by atoms with E-state index in [1.807, 2.05) is 36.4 Å². The van der Waals surface area contributed by atoms with Gasteiger partial charge in [-0.15, -0.1) is 11.3 Å². The Hall–Kier alpha value is -1.36. The van der Waals surface area contributed by atoms with Crippen molar-refractivity contribution in [2.24, 2.45) is 0 Å². The first kappa shape index (κ1) is 11.7. The van der Waals surface area contributed by atoms with Gasteiger partial charge >= 0.3 is 6.18 Å². The summed E-state index contributed by atoms with van der Waals surface area (Å²) < 4.78 is 34.7. The van der Waals surface area contributed by atoms with E-state index in [1.165, 1.54) is 0 Å². The quantitative estimate of drug-likeness (QED) is 0.671. The Morgan fingerprint density at radius 3 is 1.60 bits per heavy atom. The molecule has 1 heterocycles. The van der Waals surface area contributed by atoms with Gasteiger partial charge in [-0.2, -0.15) is 13.2 Å². The van der Waals surface area contributed by atoms with Crippen molar-refractivity contribution in [3.63, 3.8) is 0 Å². The highest BCUT2D eigenvalue weighted by Crippen LogP contribution is 2.28. The monoisotopic (exact) mass is 231 g/mol. The van der Waals surface area contributed by atoms with Gasteiger partial charge in [0.2, 0.25) is 0 Å². The Kier molecular flexibility index (Phi) is 4.30. The number of thiazole rings is 1. The van der Waals surface area contributed by atoms with E-state index in [0.717, 1.165) is 22.2 Å². The zero-order valence-electron chi connectivity index (χ0n) is 7.61. The molecule has 0 spiro atoms. The predicted octanol–water partition coefficient (Wildman–Crippen LogP) is 3.85. The first-order valence-electron chi connectivity index (χ1n) is 4.06. The number of hydrogen-bond acceptors (Lipinski definition) is 2. The lowest BCUT2D eigenvalue weighted by Crippen LogP contribution is -2.04. The Morgan fingerprint density at radius 2 is 1.40 bits per heavy atom. The molecule has 0 unspecified atom stereocenters. The van der Waals surface area contributed by atoms with E-state index in [1.54, 1.807) is 0 Å². The Balaban J connectivity index is 0.000000162. The maximum absolute atomic E-state index is 11.6. The van der Waals surface area contributed by atoms with Gasteiger partial charge in [-0.3, -0.25) is 0 Å². The van der Waals surface area contributed by atoms with Crippen molar-refractivity contribution >= 4 is 11.3 Å². The summed E-state index contributed by atoms with van der Waals surface area (Å²) in [4.78, 5) is 3.08. The lowest BCUT2D eigenvalue weighted by molar-refractivity contribution is -0.140. The van der Waals surface area contributed by atoms with Crippen LogP contribution in [0.4, 0.5) is 13.2 Å². The van der Waals surface area contributed by atoms with Crippen LogP contribution in [0.15, 0.2) is 47.3 Å². The molecule has 2 aromatic rings. The summed E-state index contributed by atoms with van der Waals surface area (Å²) in [6, 6.07) is 12.0. The summed E-state index contributed by atoms with van der Waals surface area (Å²) in [5.74, 6) is 0. The third-order valence-electron chi connectivity index (χ3n) is 1.39. The number of benzene rings is 1. The second-order valence-corrected chi connectivity index (χ2v) is 3.24. The molecule has 0 saturated carbocycles. The van der Waals surface area contributed by atoms with Gasteiger partial charge in [0.25, 0.3) is 0 Å². The number of alkyl halides is 3. The van der Waals surface area contributed by atoms with Crippen LogP contribution in [0.1, 0.15) is 5.69 Å². The largest absolute Gasteiger partial charge is 0.434 e. The van der Waals surface area contributed by atoms with Crippen molar-refractivity contribution in [3.05, 3.63) is 53.0 Å². The van der Waals surface area contributed by atoms with Crippen LogP contribution >= 0.6 is 11.3 Å². The van der Waals surface area contributed by atoms with E-state index in [4.69, 9.17) is 0 Å².